The number of likely N-dealkylation sites (tertiary alicyclic amines) is 1. The maximum atomic E-state index is 13.7. The summed E-state index contributed by atoms with van der Waals surface area (Å²) in [6.07, 6.45) is 0.796. The van der Waals surface area contributed by atoms with E-state index >= 15 is 0 Å². The van der Waals surface area contributed by atoms with Gasteiger partial charge in [0.1, 0.15) is 17.1 Å². The summed E-state index contributed by atoms with van der Waals surface area (Å²) in [5.41, 5.74) is 1.52. The van der Waals surface area contributed by atoms with E-state index in [1.807, 2.05) is 4.57 Å². The van der Waals surface area contributed by atoms with E-state index in [2.05, 4.69) is 5.32 Å². The summed E-state index contributed by atoms with van der Waals surface area (Å²) >= 11 is 6.19. The molecule has 0 unspecified atom stereocenters. The number of benzene rings is 2. The molecule has 4 heterocycles. The lowest BCUT2D eigenvalue weighted by Crippen LogP contribution is -2.46. The fraction of sp³-hybridized carbons (Fsp3) is 0.292. The largest absolute Gasteiger partial charge is 0.450 e. The molecule has 1 aromatic heterocycles. The van der Waals surface area contributed by atoms with Crippen LogP contribution in [0.4, 0.5) is 4.39 Å². The normalized spacial score (nSPS) is 18.8. The molecule has 3 aliphatic rings. The van der Waals surface area contributed by atoms with Crippen LogP contribution < -0.4 is 5.32 Å². The number of fused-ring (bicyclic) bond motifs is 5. The summed E-state index contributed by atoms with van der Waals surface area (Å²) in [6, 6.07) is 9.38. The number of halogens is 2. The molecule has 0 atom stereocenters. The second-order valence-corrected chi connectivity index (χ2v) is 9.09. The van der Waals surface area contributed by atoms with Crippen LogP contribution in [0.3, 0.4) is 0 Å². The van der Waals surface area contributed by atoms with Gasteiger partial charge in [0.15, 0.2) is 0 Å². The molecule has 0 bridgehead atoms. The molecule has 6 rings (SSSR count). The molecule has 9 heteroatoms. The number of aromatic nitrogens is 1. The van der Waals surface area contributed by atoms with Crippen LogP contribution in [0.1, 0.15) is 49.6 Å². The molecular weight excluding hydrogens is 449 g/mol. The van der Waals surface area contributed by atoms with Crippen molar-refractivity contribution >= 4 is 40.3 Å². The van der Waals surface area contributed by atoms with Gasteiger partial charge in [0, 0.05) is 55.0 Å². The minimum absolute atomic E-state index is 0.244. The van der Waals surface area contributed by atoms with Crippen LogP contribution in [0.5, 0.6) is 0 Å². The highest BCUT2D eigenvalue weighted by Gasteiger charge is 2.48. The minimum atomic E-state index is -0.857. The Balaban J connectivity index is 1.34. The number of nitrogens with one attached hydrogen (secondary N) is 1. The Morgan fingerprint density at radius 3 is 2.67 bits per heavy atom. The molecule has 2 amide bonds. The smallest absolute Gasteiger partial charge is 0.339 e. The zero-order valence-corrected chi connectivity index (χ0v) is 18.2. The van der Waals surface area contributed by atoms with E-state index in [1.165, 1.54) is 12.1 Å². The topological polar surface area (TPSA) is 80.6 Å². The Morgan fingerprint density at radius 2 is 1.88 bits per heavy atom. The second-order valence-electron chi connectivity index (χ2n) is 8.66. The monoisotopic (exact) mass is 467 g/mol. The molecule has 33 heavy (non-hydrogen) atoms. The Morgan fingerprint density at radius 1 is 1.09 bits per heavy atom. The lowest BCUT2D eigenvalue weighted by Gasteiger charge is -2.38. The van der Waals surface area contributed by atoms with E-state index in [9.17, 15) is 18.8 Å². The van der Waals surface area contributed by atoms with Gasteiger partial charge in [0.05, 0.1) is 16.6 Å². The van der Waals surface area contributed by atoms with Gasteiger partial charge in [-0.15, -0.1) is 0 Å². The molecule has 0 saturated carbocycles. The summed E-state index contributed by atoms with van der Waals surface area (Å²) in [5.74, 6) is -1.55. The van der Waals surface area contributed by atoms with E-state index in [1.54, 1.807) is 29.2 Å². The van der Waals surface area contributed by atoms with Crippen molar-refractivity contribution in [1.29, 1.82) is 0 Å². The minimum Gasteiger partial charge on any atom is -0.450 e. The quantitative estimate of drug-likeness (QED) is 0.556. The van der Waals surface area contributed by atoms with Crippen LogP contribution in [0.25, 0.3) is 10.9 Å². The molecule has 3 aliphatic heterocycles. The fourth-order valence-corrected chi connectivity index (χ4v) is 5.51. The van der Waals surface area contributed by atoms with Crippen molar-refractivity contribution in [2.45, 2.75) is 25.0 Å². The number of carbonyl (C=O) groups is 3. The first-order valence-electron chi connectivity index (χ1n) is 10.8. The van der Waals surface area contributed by atoms with E-state index in [0.29, 0.717) is 66.3 Å². The zero-order chi connectivity index (χ0) is 22.9. The number of amides is 2. The van der Waals surface area contributed by atoms with E-state index < -0.39 is 17.4 Å². The van der Waals surface area contributed by atoms with Gasteiger partial charge in [-0.2, -0.15) is 0 Å². The fourth-order valence-electron chi connectivity index (χ4n) is 5.34. The molecular formula is C24H19ClFN3O4. The van der Waals surface area contributed by atoms with Gasteiger partial charge >= 0.3 is 5.97 Å². The number of hydrogen-bond donors (Lipinski definition) is 1. The van der Waals surface area contributed by atoms with Crippen molar-refractivity contribution in [3.8, 4) is 0 Å². The predicted octanol–water partition coefficient (Wildman–Crippen LogP) is 3.48. The summed E-state index contributed by atoms with van der Waals surface area (Å²) in [6.45, 7) is 1.71. The van der Waals surface area contributed by atoms with Crippen LogP contribution in [-0.2, 0) is 16.9 Å². The van der Waals surface area contributed by atoms with Crippen molar-refractivity contribution in [1.82, 2.24) is 14.8 Å². The Hall–Kier alpha value is -3.39. The van der Waals surface area contributed by atoms with Gasteiger partial charge in [-0.05, 0) is 24.3 Å². The van der Waals surface area contributed by atoms with Gasteiger partial charge in [-0.3, -0.25) is 9.59 Å². The lowest BCUT2D eigenvalue weighted by molar-refractivity contribution is -0.0389. The van der Waals surface area contributed by atoms with Gasteiger partial charge in [0.2, 0.25) is 0 Å². The molecule has 1 fully saturated rings. The standard InChI is InChI=1S/C24H19ClFN3O4/c25-13-1-3-15-18(11-13)29-10-7-27-21(30)20(29)19(15)22(31)28-8-5-24(6-9-28)17-4-2-14(26)12-16(17)23(32)33-24/h1-4,11-12H,5-10H2,(H,27,30). The summed E-state index contributed by atoms with van der Waals surface area (Å²) in [5, 5.41) is 4.04. The highest BCUT2D eigenvalue weighted by atomic mass is 35.5. The van der Waals surface area contributed by atoms with Crippen LogP contribution in [0.2, 0.25) is 5.02 Å². The van der Waals surface area contributed by atoms with Crippen molar-refractivity contribution in [3.05, 3.63) is 69.6 Å². The van der Waals surface area contributed by atoms with Crippen LogP contribution in [0.15, 0.2) is 36.4 Å². The molecule has 3 aromatic rings. The maximum Gasteiger partial charge on any atom is 0.339 e. The number of piperidine rings is 1. The summed E-state index contributed by atoms with van der Waals surface area (Å²) in [4.78, 5) is 40.4. The summed E-state index contributed by atoms with van der Waals surface area (Å²) < 4.78 is 21.2. The number of ether oxygens (including phenoxy) is 1. The Labute approximate surface area is 193 Å². The highest BCUT2D eigenvalue weighted by molar-refractivity contribution is 6.31. The molecule has 168 valence electrons. The Kier molecular flexibility index (Phi) is 4.32. The van der Waals surface area contributed by atoms with Gasteiger partial charge in [-0.25, -0.2) is 9.18 Å². The van der Waals surface area contributed by atoms with Crippen LogP contribution in [-0.4, -0.2) is 46.9 Å². The number of nitrogens with zero attached hydrogens (tertiary/aromatic N) is 2. The average molecular weight is 468 g/mol. The van der Waals surface area contributed by atoms with E-state index in [4.69, 9.17) is 16.3 Å². The van der Waals surface area contributed by atoms with Gasteiger partial charge < -0.3 is 19.5 Å². The van der Waals surface area contributed by atoms with Crippen molar-refractivity contribution < 1.29 is 23.5 Å². The third-order valence-corrected chi connectivity index (χ3v) is 7.15. The molecule has 1 N–H and O–H groups in total. The first-order valence-corrected chi connectivity index (χ1v) is 11.2. The molecule has 1 spiro atoms. The lowest BCUT2D eigenvalue weighted by atomic mass is 9.83. The number of carbonyl (C=O) groups excluding carboxylic acids is 3. The molecule has 0 aliphatic carbocycles. The van der Waals surface area contributed by atoms with Crippen molar-refractivity contribution in [2.75, 3.05) is 19.6 Å². The van der Waals surface area contributed by atoms with Crippen molar-refractivity contribution in [3.63, 3.8) is 0 Å². The zero-order valence-electron chi connectivity index (χ0n) is 17.5. The van der Waals surface area contributed by atoms with E-state index in [-0.39, 0.29) is 17.4 Å². The number of rotatable bonds is 1. The molecule has 7 nitrogen and oxygen atoms in total. The van der Waals surface area contributed by atoms with Crippen LogP contribution in [0, 0.1) is 5.82 Å². The first-order chi connectivity index (χ1) is 15.9. The maximum absolute atomic E-state index is 13.7. The Bertz CT molecular complexity index is 1370. The third kappa shape index (κ3) is 2.90. The molecule has 2 aromatic carbocycles. The third-order valence-electron chi connectivity index (χ3n) is 6.92. The first kappa shape index (κ1) is 20.2. The van der Waals surface area contributed by atoms with Crippen molar-refractivity contribution in [2.24, 2.45) is 0 Å². The average Bonchev–Trinajstić information content (AvgIpc) is 3.26. The van der Waals surface area contributed by atoms with E-state index in [0.717, 1.165) is 5.52 Å². The second kappa shape index (κ2) is 7.05. The SMILES string of the molecule is O=C1OC2(CCN(C(=O)c3c4n(c5cc(Cl)ccc35)CCNC4=O)CC2)c2ccc(F)cc21. The molecule has 1 saturated heterocycles. The number of hydrogen-bond acceptors (Lipinski definition) is 4. The highest BCUT2D eigenvalue weighted by Crippen LogP contribution is 2.44. The summed E-state index contributed by atoms with van der Waals surface area (Å²) in [7, 11) is 0. The van der Waals surface area contributed by atoms with Crippen LogP contribution >= 0.6 is 11.6 Å². The van der Waals surface area contributed by atoms with Gasteiger partial charge in [0.25, 0.3) is 11.8 Å². The number of esters is 1. The predicted molar refractivity (Wildman–Crippen MR) is 118 cm³/mol. The van der Waals surface area contributed by atoms with Gasteiger partial charge in [-0.1, -0.05) is 23.7 Å². The molecule has 0 radical (unpaired) electrons.